The van der Waals surface area contributed by atoms with Crippen LogP contribution in [0.25, 0.3) is 0 Å². The number of rotatable bonds is 3. The fourth-order valence-corrected chi connectivity index (χ4v) is 3.63. The predicted molar refractivity (Wildman–Crippen MR) is 69.3 cm³/mol. The average molecular weight is 274 g/mol. The molecule has 102 valence electrons. The number of hydrogen-bond donors (Lipinski definition) is 0. The third-order valence-electron chi connectivity index (χ3n) is 4.42. The van der Waals surface area contributed by atoms with Crippen molar-refractivity contribution in [3.05, 3.63) is 10.1 Å². The molecule has 5 heteroatoms. The standard InChI is InChI=1S/C13H20ClNO3/c14-11-7-6-10(8-12(11)15(17)18)13(16)9-4-2-1-3-5-9/h9-12H,1-8H2. The highest BCUT2D eigenvalue weighted by atomic mass is 35.5. The monoisotopic (exact) mass is 273 g/mol. The number of alkyl halides is 1. The zero-order chi connectivity index (χ0) is 13.1. The van der Waals surface area contributed by atoms with Gasteiger partial charge in [0.25, 0.3) is 0 Å². The first-order chi connectivity index (χ1) is 8.59. The number of halogens is 1. The van der Waals surface area contributed by atoms with Gasteiger partial charge in [-0.1, -0.05) is 19.3 Å². The van der Waals surface area contributed by atoms with Gasteiger partial charge in [0.1, 0.15) is 11.2 Å². The van der Waals surface area contributed by atoms with E-state index in [1.807, 2.05) is 0 Å². The number of ketones is 1. The topological polar surface area (TPSA) is 60.2 Å². The molecule has 3 atom stereocenters. The maximum Gasteiger partial charge on any atom is 0.229 e. The maximum atomic E-state index is 12.4. The predicted octanol–water partition coefficient (Wildman–Crippen LogP) is 3.19. The lowest BCUT2D eigenvalue weighted by Gasteiger charge is -2.30. The number of nitrogens with zero attached hydrogens (tertiary/aromatic N) is 1. The Morgan fingerprint density at radius 3 is 2.33 bits per heavy atom. The van der Waals surface area contributed by atoms with E-state index in [1.54, 1.807) is 0 Å². The van der Waals surface area contributed by atoms with E-state index in [4.69, 9.17) is 11.6 Å². The smallest absolute Gasteiger partial charge is 0.229 e. The van der Waals surface area contributed by atoms with E-state index < -0.39 is 11.4 Å². The van der Waals surface area contributed by atoms with Crippen LogP contribution in [0.4, 0.5) is 0 Å². The van der Waals surface area contributed by atoms with Crippen LogP contribution in [-0.4, -0.2) is 22.1 Å². The summed E-state index contributed by atoms with van der Waals surface area (Å²) < 4.78 is 0. The van der Waals surface area contributed by atoms with E-state index >= 15 is 0 Å². The first-order valence-corrected chi connectivity index (χ1v) is 7.34. The lowest BCUT2D eigenvalue weighted by atomic mass is 9.75. The van der Waals surface area contributed by atoms with Gasteiger partial charge in [-0.2, -0.15) is 0 Å². The molecule has 0 bridgehead atoms. The minimum Gasteiger partial charge on any atom is -0.299 e. The van der Waals surface area contributed by atoms with Crippen molar-refractivity contribution in [2.45, 2.75) is 62.8 Å². The van der Waals surface area contributed by atoms with E-state index in [0.29, 0.717) is 12.8 Å². The van der Waals surface area contributed by atoms with Crippen LogP contribution in [-0.2, 0) is 4.79 Å². The molecule has 0 aromatic heterocycles. The zero-order valence-electron chi connectivity index (χ0n) is 10.5. The molecule has 2 aliphatic carbocycles. The Balaban J connectivity index is 1.96. The molecule has 3 unspecified atom stereocenters. The van der Waals surface area contributed by atoms with Crippen molar-refractivity contribution >= 4 is 17.4 Å². The van der Waals surface area contributed by atoms with Gasteiger partial charge in [0.15, 0.2) is 0 Å². The summed E-state index contributed by atoms with van der Waals surface area (Å²) in [6.45, 7) is 0. The van der Waals surface area contributed by atoms with Crippen LogP contribution in [0.15, 0.2) is 0 Å². The SMILES string of the molecule is O=C(C1CCCCC1)C1CCC(Cl)C([N+](=O)[O-])C1. The quantitative estimate of drug-likeness (QED) is 0.451. The second-order valence-corrected chi connectivity index (χ2v) is 6.18. The van der Waals surface area contributed by atoms with Gasteiger partial charge in [0.05, 0.1) is 0 Å². The largest absolute Gasteiger partial charge is 0.299 e. The van der Waals surface area contributed by atoms with Crippen molar-refractivity contribution in [3.8, 4) is 0 Å². The highest BCUT2D eigenvalue weighted by Gasteiger charge is 2.41. The van der Waals surface area contributed by atoms with Crippen molar-refractivity contribution < 1.29 is 9.72 Å². The zero-order valence-corrected chi connectivity index (χ0v) is 11.3. The minimum atomic E-state index is -0.738. The molecule has 2 saturated carbocycles. The Morgan fingerprint density at radius 2 is 1.72 bits per heavy atom. The van der Waals surface area contributed by atoms with Crippen LogP contribution in [0.2, 0.25) is 0 Å². The summed E-state index contributed by atoms with van der Waals surface area (Å²) in [6.07, 6.45) is 7.09. The van der Waals surface area contributed by atoms with Crippen LogP contribution in [0.1, 0.15) is 51.4 Å². The van der Waals surface area contributed by atoms with Gasteiger partial charge in [-0.3, -0.25) is 14.9 Å². The summed E-state index contributed by atoms with van der Waals surface area (Å²) in [7, 11) is 0. The molecule has 0 amide bonds. The van der Waals surface area contributed by atoms with Crippen LogP contribution in [0.3, 0.4) is 0 Å². The first-order valence-electron chi connectivity index (χ1n) is 6.91. The third-order valence-corrected chi connectivity index (χ3v) is 4.92. The Labute approximate surface area is 112 Å². The molecule has 0 radical (unpaired) electrons. The van der Waals surface area contributed by atoms with E-state index in [2.05, 4.69) is 0 Å². The Hall–Kier alpha value is -0.640. The molecule has 0 aliphatic heterocycles. The number of nitro groups is 1. The Kier molecular flexibility index (Phi) is 4.60. The molecule has 4 nitrogen and oxygen atoms in total. The lowest BCUT2D eigenvalue weighted by Crippen LogP contribution is -2.40. The van der Waals surface area contributed by atoms with Crippen molar-refractivity contribution in [1.29, 1.82) is 0 Å². The molecule has 0 saturated heterocycles. The molecule has 0 N–H and O–H groups in total. The second kappa shape index (κ2) is 6.00. The normalized spacial score (nSPS) is 34.2. The molecule has 2 aliphatic rings. The number of carbonyl (C=O) groups excluding carboxylic acids is 1. The summed E-state index contributed by atoms with van der Waals surface area (Å²) in [5, 5.41) is 10.5. The van der Waals surface area contributed by atoms with E-state index in [9.17, 15) is 14.9 Å². The Bertz CT molecular complexity index is 328. The van der Waals surface area contributed by atoms with Gasteiger partial charge in [-0.15, -0.1) is 11.6 Å². The summed E-state index contributed by atoms with van der Waals surface area (Å²) in [4.78, 5) is 23.0. The average Bonchev–Trinajstić information content (AvgIpc) is 2.39. The fourth-order valence-electron chi connectivity index (χ4n) is 3.31. The molecular weight excluding hydrogens is 254 g/mol. The molecule has 0 heterocycles. The molecular formula is C13H20ClNO3. The van der Waals surface area contributed by atoms with E-state index in [-0.39, 0.29) is 22.5 Å². The lowest BCUT2D eigenvalue weighted by molar-refractivity contribution is -0.526. The van der Waals surface area contributed by atoms with Gasteiger partial charge >= 0.3 is 0 Å². The van der Waals surface area contributed by atoms with E-state index in [0.717, 1.165) is 32.1 Å². The number of carbonyl (C=O) groups is 1. The summed E-state index contributed by atoms with van der Waals surface area (Å²) in [5.74, 6) is 0.298. The molecule has 0 aromatic rings. The number of Topliss-reactive ketones (excluding diaryl/α,β-unsaturated/α-hetero) is 1. The van der Waals surface area contributed by atoms with Crippen molar-refractivity contribution in [2.24, 2.45) is 11.8 Å². The van der Waals surface area contributed by atoms with Gasteiger partial charge in [-0.25, -0.2) is 0 Å². The van der Waals surface area contributed by atoms with Crippen molar-refractivity contribution in [3.63, 3.8) is 0 Å². The molecule has 2 fully saturated rings. The van der Waals surface area contributed by atoms with Crippen LogP contribution in [0, 0.1) is 22.0 Å². The van der Waals surface area contributed by atoms with Crippen LogP contribution in [0.5, 0.6) is 0 Å². The minimum absolute atomic E-state index is 0.126. The van der Waals surface area contributed by atoms with Crippen molar-refractivity contribution in [2.75, 3.05) is 0 Å². The van der Waals surface area contributed by atoms with Crippen LogP contribution >= 0.6 is 11.6 Å². The van der Waals surface area contributed by atoms with Gasteiger partial charge in [0.2, 0.25) is 6.04 Å². The molecule has 2 rings (SSSR count). The van der Waals surface area contributed by atoms with Gasteiger partial charge < -0.3 is 0 Å². The second-order valence-electron chi connectivity index (χ2n) is 5.62. The van der Waals surface area contributed by atoms with Gasteiger partial charge in [-0.05, 0) is 25.7 Å². The Morgan fingerprint density at radius 1 is 1.06 bits per heavy atom. The third kappa shape index (κ3) is 3.02. The van der Waals surface area contributed by atoms with Crippen molar-refractivity contribution in [1.82, 2.24) is 0 Å². The highest BCUT2D eigenvalue weighted by molar-refractivity contribution is 6.21. The first kappa shape index (κ1) is 13.8. The number of hydrogen-bond acceptors (Lipinski definition) is 3. The highest BCUT2D eigenvalue weighted by Crippen LogP contribution is 2.35. The molecule has 0 aromatic carbocycles. The summed E-state index contributed by atoms with van der Waals surface area (Å²) in [6, 6.07) is -0.738. The molecule has 18 heavy (non-hydrogen) atoms. The maximum absolute atomic E-state index is 12.4. The van der Waals surface area contributed by atoms with Gasteiger partial charge in [0, 0.05) is 23.2 Å². The summed E-state index contributed by atoms with van der Waals surface area (Å²) >= 11 is 5.98. The van der Waals surface area contributed by atoms with E-state index in [1.165, 1.54) is 6.42 Å². The summed E-state index contributed by atoms with van der Waals surface area (Å²) in [5.41, 5.74) is 0. The molecule has 0 spiro atoms. The fraction of sp³-hybridized carbons (Fsp3) is 0.923. The van der Waals surface area contributed by atoms with Crippen LogP contribution < -0.4 is 0 Å².